The van der Waals surface area contributed by atoms with Gasteiger partial charge in [-0.25, -0.2) is 4.98 Å². The Kier molecular flexibility index (Phi) is 3.12. The summed E-state index contributed by atoms with van der Waals surface area (Å²) in [6.45, 7) is 0. The first-order chi connectivity index (χ1) is 9.38. The predicted octanol–water partition coefficient (Wildman–Crippen LogP) is 3.08. The SMILES string of the molecule is O=Cc1sc(-c2cccnc2)nc1-c1cccnc1. The Bertz CT molecular complexity index is 695. The van der Waals surface area contributed by atoms with Crippen LogP contribution in [0.4, 0.5) is 0 Å². The molecule has 0 spiro atoms. The first kappa shape index (κ1) is 11.7. The zero-order chi connectivity index (χ0) is 13.1. The molecule has 0 aliphatic carbocycles. The van der Waals surface area contributed by atoms with E-state index in [2.05, 4.69) is 15.0 Å². The van der Waals surface area contributed by atoms with E-state index in [9.17, 15) is 4.79 Å². The smallest absolute Gasteiger partial charge is 0.162 e. The molecule has 3 aromatic heterocycles. The van der Waals surface area contributed by atoms with Crippen molar-refractivity contribution in [3.8, 4) is 21.8 Å². The standard InChI is InChI=1S/C14H9N3OS/c18-9-12-13(10-3-1-5-15-7-10)17-14(19-12)11-4-2-6-16-8-11/h1-9H. The van der Waals surface area contributed by atoms with E-state index in [-0.39, 0.29) is 0 Å². The number of hydrogen-bond donors (Lipinski definition) is 0. The van der Waals surface area contributed by atoms with E-state index in [1.807, 2.05) is 24.3 Å². The molecule has 0 saturated carbocycles. The Balaban J connectivity index is 2.12. The summed E-state index contributed by atoms with van der Waals surface area (Å²) in [6, 6.07) is 7.49. The van der Waals surface area contributed by atoms with Gasteiger partial charge >= 0.3 is 0 Å². The van der Waals surface area contributed by atoms with Gasteiger partial charge in [0, 0.05) is 35.9 Å². The summed E-state index contributed by atoms with van der Waals surface area (Å²) in [6.07, 6.45) is 7.67. The summed E-state index contributed by atoms with van der Waals surface area (Å²) in [7, 11) is 0. The number of carbonyl (C=O) groups is 1. The second kappa shape index (κ2) is 5.07. The fourth-order valence-corrected chi connectivity index (χ4v) is 2.63. The third-order valence-corrected chi connectivity index (χ3v) is 3.63. The number of hydrogen-bond acceptors (Lipinski definition) is 5. The zero-order valence-electron chi connectivity index (χ0n) is 9.85. The third-order valence-electron chi connectivity index (χ3n) is 2.60. The van der Waals surface area contributed by atoms with Crippen LogP contribution in [0.5, 0.6) is 0 Å². The molecule has 0 fully saturated rings. The topological polar surface area (TPSA) is 55.7 Å². The first-order valence-electron chi connectivity index (χ1n) is 5.65. The number of carbonyl (C=O) groups excluding carboxylic acids is 1. The van der Waals surface area contributed by atoms with Crippen LogP contribution in [0.1, 0.15) is 9.67 Å². The Morgan fingerprint density at radius 3 is 2.26 bits per heavy atom. The van der Waals surface area contributed by atoms with Crippen molar-refractivity contribution in [1.82, 2.24) is 15.0 Å². The highest BCUT2D eigenvalue weighted by Gasteiger charge is 2.13. The highest BCUT2D eigenvalue weighted by Crippen LogP contribution is 2.31. The minimum atomic E-state index is 0.604. The van der Waals surface area contributed by atoms with Crippen LogP contribution >= 0.6 is 11.3 Å². The van der Waals surface area contributed by atoms with E-state index in [1.165, 1.54) is 11.3 Å². The summed E-state index contributed by atoms with van der Waals surface area (Å²) in [4.78, 5) is 24.4. The van der Waals surface area contributed by atoms with Crippen molar-refractivity contribution in [3.63, 3.8) is 0 Å². The van der Waals surface area contributed by atoms with Crippen LogP contribution in [-0.2, 0) is 0 Å². The zero-order valence-corrected chi connectivity index (χ0v) is 10.7. The van der Waals surface area contributed by atoms with Crippen LogP contribution in [0, 0.1) is 0 Å². The van der Waals surface area contributed by atoms with Gasteiger partial charge in [0.15, 0.2) is 6.29 Å². The predicted molar refractivity (Wildman–Crippen MR) is 74.0 cm³/mol. The van der Waals surface area contributed by atoms with E-state index < -0.39 is 0 Å². The lowest BCUT2D eigenvalue weighted by Gasteiger charge is -1.96. The Labute approximate surface area is 113 Å². The van der Waals surface area contributed by atoms with Crippen LogP contribution in [0.25, 0.3) is 21.8 Å². The summed E-state index contributed by atoms with van der Waals surface area (Å²) in [5.74, 6) is 0. The van der Waals surface area contributed by atoms with Gasteiger partial charge in [-0.2, -0.15) is 0 Å². The monoisotopic (exact) mass is 267 g/mol. The van der Waals surface area contributed by atoms with Crippen LogP contribution < -0.4 is 0 Å². The average Bonchev–Trinajstić information content (AvgIpc) is 2.93. The molecule has 0 atom stereocenters. The lowest BCUT2D eigenvalue weighted by Crippen LogP contribution is -1.84. The maximum atomic E-state index is 11.2. The van der Waals surface area contributed by atoms with E-state index >= 15 is 0 Å². The molecule has 0 bridgehead atoms. The molecular formula is C14H9N3OS. The quantitative estimate of drug-likeness (QED) is 0.684. The molecule has 0 aromatic carbocycles. The average molecular weight is 267 g/mol. The molecule has 5 heteroatoms. The van der Waals surface area contributed by atoms with Gasteiger partial charge in [-0.1, -0.05) is 0 Å². The molecule has 0 N–H and O–H groups in total. The first-order valence-corrected chi connectivity index (χ1v) is 6.47. The van der Waals surface area contributed by atoms with Gasteiger partial charge in [-0.15, -0.1) is 11.3 Å². The van der Waals surface area contributed by atoms with E-state index in [4.69, 9.17) is 0 Å². The minimum absolute atomic E-state index is 0.604. The second-order valence-corrected chi connectivity index (χ2v) is 4.86. The molecule has 0 aliphatic rings. The van der Waals surface area contributed by atoms with Gasteiger partial charge in [0.05, 0.1) is 10.6 Å². The van der Waals surface area contributed by atoms with Gasteiger partial charge in [0.1, 0.15) is 5.01 Å². The molecule has 92 valence electrons. The van der Waals surface area contributed by atoms with Crippen molar-refractivity contribution in [2.24, 2.45) is 0 Å². The highest BCUT2D eigenvalue weighted by molar-refractivity contribution is 7.17. The summed E-state index contributed by atoms with van der Waals surface area (Å²) < 4.78 is 0. The second-order valence-electron chi connectivity index (χ2n) is 3.83. The van der Waals surface area contributed by atoms with Gasteiger partial charge in [0.25, 0.3) is 0 Å². The molecule has 0 unspecified atom stereocenters. The molecule has 3 heterocycles. The number of rotatable bonds is 3. The number of aromatic nitrogens is 3. The van der Waals surface area contributed by atoms with E-state index in [0.29, 0.717) is 10.6 Å². The Morgan fingerprint density at radius 1 is 1.00 bits per heavy atom. The third kappa shape index (κ3) is 2.28. The lowest BCUT2D eigenvalue weighted by molar-refractivity contribution is 0.112. The van der Waals surface area contributed by atoms with Gasteiger partial charge in [-0.3, -0.25) is 14.8 Å². The molecule has 0 amide bonds. The normalized spacial score (nSPS) is 10.3. The minimum Gasteiger partial charge on any atom is -0.297 e. The maximum absolute atomic E-state index is 11.2. The summed E-state index contributed by atoms with van der Waals surface area (Å²) in [5.41, 5.74) is 2.42. The molecule has 3 aromatic rings. The fraction of sp³-hybridized carbons (Fsp3) is 0. The molecule has 0 saturated heterocycles. The Hall–Kier alpha value is -2.40. The van der Waals surface area contributed by atoms with Crippen LogP contribution in [0.3, 0.4) is 0 Å². The van der Waals surface area contributed by atoms with Crippen molar-refractivity contribution >= 4 is 17.6 Å². The largest absolute Gasteiger partial charge is 0.297 e. The molecule has 0 aliphatic heterocycles. The van der Waals surface area contributed by atoms with Crippen molar-refractivity contribution in [3.05, 3.63) is 53.9 Å². The van der Waals surface area contributed by atoms with E-state index in [1.54, 1.807) is 24.8 Å². The molecule has 3 rings (SSSR count). The maximum Gasteiger partial charge on any atom is 0.162 e. The molecule has 0 radical (unpaired) electrons. The van der Waals surface area contributed by atoms with Crippen molar-refractivity contribution in [1.29, 1.82) is 0 Å². The molecular weight excluding hydrogens is 258 g/mol. The van der Waals surface area contributed by atoms with Crippen molar-refractivity contribution in [2.45, 2.75) is 0 Å². The molecule has 4 nitrogen and oxygen atoms in total. The summed E-state index contributed by atoms with van der Waals surface area (Å²) >= 11 is 1.36. The highest BCUT2D eigenvalue weighted by atomic mass is 32.1. The number of aldehydes is 1. The lowest BCUT2D eigenvalue weighted by atomic mass is 10.2. The number of nitrogens with zero attached hydrogens (tertiary/aromatic N) is 3. The fourth-order valence-electron chi connectivity index (χ4n) is 1.73. The summed E-state index contributed by atoms with van der Waals surface area (Å²) in [5, 5.41) is 0.786. The molecule has 19 heavy (non-hydrogen) atoms. The van der Waals surface area contributed by atoms with E-state index in [0.717, 1.165) is 22.4 Å². The van der Waals surface area contributed by atoms with Gasteiger partial charge in [-0.05, 0) is 24.3 Å². The van der Waals surface area contributed by atoms with Gasteiger partial charge in [0.2, 0.25) is 0 Å². The number of thiazole rings is 1. The van der Waals surface area contributed by atoms with Crippen molar-refractivity contribution in [2.75, 3.05) is 0 Å². The number of pyridine rings is 2. The van der Waals surface area contributed by atoms with Crippen LogP contribution in [0.2, 0.25) is 0 Å². The van der Waals surface area contributed by atoms with Gasteiger partial charge < -0.3 is 0 Å². The van der Waals surface area contributed by atoms with Crippen LogP contribution in [0.15, 0.2) is 49.1 Å². The van der Waals surface area contributed by atoms with Crippen molar-refractivity contribution < 1.29 is 4.79 Å². The Morgan fingerprint density at radius 2 is 1.68 bits per heavy atom. The van der Waals surface area contributed by atoms with Crippen LogP contribution in [-0.4, -0.2) is 21.2 Å².